The molecule has 5 aromatic rings. The molecule has 20 nitrogen and oxygen atoms in total. The first-order valence-electron chi connectivity index (χ1n) is 28.6. The quantitative estimate of drug-likeness (QED) is 0.0369. The molecule has 0 bridgehead atoms. The van der Waals surface area contributed by atoms with Crippen LogP contribution in [0.1, 0.15) is 145 Å². The molecule has 5 heterocycles. The zero-order valence-corrected chi connectivity index (χ0v) is 51.2. The standard InChI is InChI=1S/C60H78ClN9O11S2/c1-37-39(3)83-58-50(37)51(42-19-21-44(61)22-20-42)63-46(54-67-66-40(4)70(54)58)35-49(71)62-23-25-76-26-27-77-28-29-78-30-31-79-32-33-80-45-17-12-16-43(34-45)53(72)47-36-82-56(64-47)48-18-13-24-69(48)57(74)52(41-14-10-9-11-15-41)65-55(73)38(2)68(8)59(75)81-60(5,6)7/h12,16-17,19-22,34,36,38,41,46,48,52H,9-11,13-15,18,23-33,35H2,1-8H3,(H,62,71)(H,65,73)/t38-,46-,48-,52-/m0/s1. The number of hydrogen-bond donors (Lipinski definition) is 2. The number of carbonyl (C=O) groups is 5. The zero-order valence-electron chi connectivity index (χ0n) is 48.8. The van der Waals surface area contributed by atoms with Crippen LogP contribution in [-0.4, -0.2) is 162 Å². The summed E-state index contributed by atoms with van der Waals surface area (Å²) in [7, 11) is 1.52. The van der Waals surface area contributed by atoms with Crippen LogP contribution in [0.5, 0.6) is 5.75 Å². The molecule has 2 fully saturated rings. The van der Waals surface area contributed by atoms with Crippen molar-refractivity contribution in [1.82, 2.24) is 40.2 Å². The summed E-state index contributed by atoms with van der Waals surface area (Å²) in [4.78, 5) is 82.2. The van der Waals surface area contributed by atoms with E-state index in [1.165, 1.54) is 28.2 Å². The Morgan fingerprint density at radius 3 is 2.20 bits per heavy atom. The number of nitrogens with one attached hydrogen (secondary N) is 2. The third-order valence-corrected chi connectivity index (χ3v) is 17.3. The largest absolute Gasteiger partial charge is 0.491 e. The van der Waals surface area contributed by atoms with Gasteiger partial charge < -0.3 is 44.0 Å². The van der Waals surface area contributed by atoms with E-state index >= 15 is 0 Å². The molecule has 1 saturated heterocycles. The number of likely N-dealkylation sites (tertiary alicyclic amines) is 1. The first kappa shape index (κ1) is 62.9. The molecule has 2 aromatic carbocycles. The van der Waals surface area contributed by atoms with Crippen molar-refractivity contribution in [2.45, 2.75) is 130 Å². The summed E-state index contributed by atoms with van der Waals surface area (Å²) < 4.78 is 36.1. The molecule has 4 amide bonds. The highest BCUT2D eigenvalue weighted by atomic mass is 35.5. The summed E-state index contributed by atoms with van der Waals surface area (Å²) in [5.74, 6) is 0.805. The van der Waals surface area contributed by atoms with E-state index in [1.807, 2.05) is 40.7 Å². The Balaban J connectivity index is 0.693. The molecule has 0 spiro atoms. The van der Waals surface area contributed by atoms with E-state index in [4.69, 9.17) is 50.0 Å². The lowest BCUT2D eigenvalue weighted by Crippen LogP contribution is -2.56. The Bertz CT molecular complexity index is 3060. The fourth-order valence-electron chi connectivity index (χ4n) is 10.3. The number of aromatic nitrogens is 4. The number of ether oxygens (including phenoxy) is 6. The van der Waals surface area contributed by atoms with Crippen LogP contribution in [0.4, 0.5) is 4.79 Å². The number of aliphatic imine (C=N–C) groups is 1. The molecule has 448 valence electrons. The fourth-order valence-corrected chi connectivity index (χ4v) is 12.6. The van der Waals surface area contributed by atoms with Crippen LogP contribution in [0.15, 0.2) is 58.9 Å². The second-order valence-corrected chi connectivity index (χ2v) is 24.6. The van der Waals surface area contributed by atoms with Gasteiger partial charge in [0.05, 0.1) is 71.0 Å². The van der Waals surface area contributed by atoms with E-state index in [1.54, 1.807) is 68.7 Å². The number of ketones is 1. The minimum Gasteiger partial charge on any atom is -0.491 e. The maximum atomic E-state index is 14.5. The number of rotatable bonds is 27. The lowest BCUT2D eigenvalue weighted by Gasteiger charge is -2.36. The molecule has 8 rings (SSSR count). The Hall–Kier alpha value is -6.14. The minimum absolute atomic E-state index is 0.0392. The molecule has 3 aliphatic rings. The number of fused-ring (bicyclic) bond motifs is 3. The summed E-state index contributed by atoms with van der Waals surface area (Å²) in [6.45, 7) is 17.0. The highest BCUT2D eigenvalue weighted by molar-refractivity contribution is 7.15. The van der Waals surface area contributed by atoms with Crippen LogP contribution in [0.25, 0.3) is 5.00 Å². The van der Waals surface area contributed by atoms with Gasteiger partial charge in [0.2, 0.25) is 23.5 Å². The molecule has 23 heteroatoms. The van der Waals surface area contributed by atoms with Crippen molar-refractivity contribution in [3.63, 3.8) is 0 Å². The van der Waals surface area contributed by atoms with E-state index < -0.39 is 35.7 Å². The number of halogens is 1. The van der Waals surface area contributed by atoms with E-state index in [9.17, 15) is 24.0 Å². The number of benzene rings is 2. The van der Waals surface area contributed by atoms with Gasteiger partial charge in [-0.3, -0.25) is 33.6 Å². The lowest BCUT2D eigenvalue weighted by atomic mass is 9.83. The topological polar surface area (TPSA) is 227 Å². The molecule has 0 unspecified atom stereocenters. The molecule has 3 aromatic heterocycles. The van der Waals surface area contributed by atoms with E-state index in [-0.39, 0.29) is 48.3 Å². The average molecular weight is 1200 g/mol. The first-order chi connectivity index (χ1) is 39.9. The van der Waals surface area contributed by atoms with E-state index in [2.05, 4.69) is 34.7 Å². The normalized spacial score (nSPS) is 17.0. The summed E-state index contributed by atoms with van der Waals surface area (Å²) in [5, 5.41) is 18.9. The van der Waals surface area contributed by atoms with Gasteiger partial charge in [-0.2, -0.15) is 0 Å². The predicted molar refractivity (Wildman–Crippen MR) is 317 cm³/mol. The average Bonchev–Trinajstić information content (AvgIpc) is 2.58. The van der Waals surface area contributed by atoms with Gasteiger partial charge in [-0.1, -0.05) is 55.1 Å². The molecule has 1 saturated carbocycles. The predicted octanol–water partition coefficient (Wildman–Crippen LogP) is 9.12. The SMILES string of the molecule is Cc1sc2c(c1C)C(c1ccc(Cl)cc1)=N[C@@H](CC(=O)NCCOCCOCCOCCOCCOc1cccc(C(=O)c3csc([C@@H]4CCCN4C(=O)[C@@H](NC(=O)[C@H](C)N(C)C(=O)OC(C)(C)C)C4CCCCC4)n3)c1)c1nnc(C)n1-2. The van der Waals surface area contributed by atoms with Crippen LogP contribution in [0, 0.1) is 26.7 Å². The molecule has 2 aliphatic heterocycles. The molecular formula is C60H78ClN9O11S2. The summed E-state index contributed by atoms with van der Waals surface area (Å²) in [6.07, 6.45) is 5.57. The van der Waals surface area contributed by atoms with Gasteiger partial charge >= 0.3 is 6.09 Å². The fraction of sp³-hybridized carbons (Fsp3) is 0.550. The molecule has 4 atom stereocenters. The highest BCUT2D eigenvalue weighted by Crippen LogP contribution is 2.40. The van der Waals surface area contributed by atoms with E-state index in [0.717, 1.165) is 71.8 Å². The zero-order chi connectivity index (χ0) is 59.2. The van der Waals surface area contributed by atoms with Gasteiger partial charge in [-0.05, 0) is 110 Å². The van der Waals surface area contributed by atoms with Crippen molar-refractivity contribution in [2.75, 3.05) is 79.6 Å². The van der Waals surface area contributed by atoms with Gasteiger partial charge in [-0.15, -0.1) is 32.9 Å². The number of hydrogen-bond acceptors (Lipinski definition) is 17. The van der Waals surface area contributed by atoms with Gasteiger partial charge in [0.1, 0.15) is 57.6 Å². The highest BCUT2D eigenvalue weighted by Gasteiger charge is 2.41. The number of aryl methyl sites for hydroxylation is 2. The van der Waals surface area contributed by atoms with Crippen molar-refractivity contribution in [2.24, 2.45) is 10.9 Å². The Kier molecular flexibility index (Phi) is 22.4. The van der Waals surface area contributed by atoms with Crippen molar-refractivity contribution < 1.29 is 52.4 Å². The third kappa shape index (κ3) is 16.6. The van der Waals surface area contributed by atoms with Crippen molar-refractivity contribution >= 4 is 69.6 Å². The Morgan fingerprint density at radius 2 is 1.52 bits per heavy atom. The van der Waals surface area contributed by atoms with Crippen LogP contribution in [-0.2, 0) is 38.1 Å². The maximum Gasteiger partial charge on any atom is 0.410 e. The maximum absolute atomic E-state index is 14.5. The van der Waals surface area contributed by atoms with Crippen molar-refractivity contribution in [1.29, 1.82) is 0 Å². The van der Waals surface area contributed by atoms with Crippen molar-refractivity contribution in [3.8, 4) is 10.8 Å². The van der Waals surface area contributed by atoms with Crippen LogP contribution >= 0.6 is 34.3 Å². The Labute approximate surface area is 499 Å². The number of likely N-dealkylation sites (N-methyl/N-ethyl adjacent to an activating group) is 1. The minimum atomic E-state index is -0.866. The molecule has 2 N–H and O–H groups in total. The Morgan fingerprint density at radius 1 is 0.843 bits per heavy atom. The van der Waals surface area contributed by atoms with Crippen molar-refractivity contribution in [3.05, 3.63) is 108 Å². The number of nitrogens with zero attached hydrogens (tertiary/aromatic N) is 7. The molecule has 83 heavy (non-hydrogen) atoms. The molecular weight excluding hydrogens is 1120 g/mol. The summed E-state index contributed by atoms with van der Waals surface area (Å²) in [6, 6.07) is 12.0. The van der Waals surface area contributed by atoms with Crippen LogP contribution < -0.4 is 15.4 Å². The summed E-state index contributed by atoms with van der Waals surface area (Å²) in [5.41, 5.74) is 3.81. The lowest BCUT2D eigenvalue weighted by molar-refractivity contribution is -0.140. The van der Waals surface area contributed by atoms with E-state index in [0.29, 0.717) is 99.5 Å². The number of amides is 4. The van der Waals surface area contributed by atoms with Gasteiger partial charge in [0, 0.05) is 52.1 Å². The van der Waals surface area contributed by atoms with Crippen LogP contribution in [0.3, 0.4) is 0 Å². The number of thiophene rings is 1. The number of thiazole rings is 1. The first-order valence-corrected chi connectivity index (χ1v) is 30.7. The molecule has 0 radical (unpaired) electrons. The second kappa shape index (κ2) is 29.6. The van der Waals surface area contributed by atoms with Gasteiger partial charge in [-0.25, -0.2) is 9.78 Å². The third-order valence-electron chi connectivity index (χ3n) is 14.9. The van der Waals surface area contributed by atoms with Crippen LogP contribution in [0.2, 0.25) is 5.02 Å². The second-order valence-electron chi connectivity index (χ2n) is 22.0. The smallest absolute Gasteiger partial charge is 0.410 e. The molecule has 1 aliphatic carbocycles. The monoisotopic (exact) mass is 1200 g/mol. The van der Waals surface area contributed by atoms with Gasteiger partial charge in [0.15, 0.2) is 5.82 Å². The number of carbonyl (C=O) groups excluding carboxylic acids is 5. The van der Waals surface area contributed by atoms with Gasteiger partial charge in [0.25, 0.3) is 0 Å². The summed E-state index contributed by atoms with van der Waals surface area (Å²) >= 11 is 9.25.